The fraction of sp³-hybridized carbons (Fsp3) is 0.200. The van der Waals surface area contributed by atoms with Crippen LogP contribution < -0.4 is 5.32 Å². The second kappa shape index (κ2) is 7.21. The molecule has 0 aliphatic carbocycles. The van der Waals surface area contributed by atoms with Crippen LogP contribution >= 0.6 is 0 Å². The highest BCUT2D eigenvalue weighted by Crippen LogP contribution is 2.20. The molecule has 5 heteroatoms. The molecule has 0 unspecified atom stereocenters. The van der Waals surface area contributed by atoms with Crippen molar-refractivity contribution in [2.45, 2.75) is 26.4 Å². The number of esters is 1. The van der Waals surface area contributed by atoms with Crippen molar-refractivity contribution < 1.29 is 18.7 Å². The number of carbonyl (C=O) groups excluding carboxylic acids is 2. The van der Waals surface area contributed by atoms with Gasteiger partial charge in [-0.1, -0.05) is 37.3 Å². The number of fused-ring (bicyclic) bond motifs is 1. The van der Waals surface area contributed by atoms with Gasteiger partial charge in [0.2, 0.25) is 5.76 Å². The molecule has 0 saturated heterocycles. The molecule has 3 rings (SSSR count). The third kappa shape index (κ3) is 3.88. The molecule has 5 nitrogen and oxygen atoms in total. The third-order valence-electron chi connectivity index (χ3n) is 3.91. The maximum absolute atomic E-state index is 12.2. The summed E-state index contributed by atoms with van der Waals surface area (Å²) in [5, 5.41) is 3.54. The second-order valence-corrected chi connectivity index (χ2v) is 5.74. The molecule has 0 saturated carbocycles. The number of nitrogens with one attached hydrogen (secondary N) is 1. The number of rotatable bonds is 5. The summed E-state index contributed by atoms with van der Waals surface area (Å²) in [7, 11) is 0. The van der Waals surface area contributed by atoms with E-state index in [1.807, 2.05) is 42.5 Å². The molecule has 128 valence electrons. The summed E-state index contributed by atoms with van der Waals surface area (Å²) in [4.78, 5) is 24.4. The minimum Gasteiger partial charge on any atom is -0.449 e. The van der Waals surface area contributed by atoms with Crippen molar-refractivity contribution in [2.24, 2.45) is 0 Å². The first-order valence-corrected chi connectivity index (χ1v) is 8.16. The number of furan rings is 1. The van der Waals surface area contributed by atoms with Gasteiger partial charge in [-0.05, 0) is 43.2 Å². The molecule has 0 bridgehead atoms. The number of amides is 1. The zero-order chi connectivity index (χ0) is 17.8. The van der Waals surface area contributed by atoms with Crippen molar-refractivity contribution in [2.75, 3.05) is 5.32 Å². The highest BCUT2D eigenvalue weighted by molar-refractivity contribution is 5.97. The van der Waals surface area contributed by atoms with Gasteiger partial charge < -0.3 is 14.5 Å². The molecule has 25 heavy (non-hydrogen) atoms. The first kappa shape index (κ1) is 16.8. The van der Waals surface area contributed by atoms with Crippen LogP contribution in [0.15, 0.2) is 59.0 Å². The number of anilines is 1. The standard InChI is InChI=1S/C20H19NO4/c1-3-14-8-10-16(11-9-14)21-19(22)13(2)24-20(23)18-12-15-6-4-5-7-17(15)25-18/h4-13H,3H2,1-2H3,(H,21,22)/t13-/m1/s1. The monoisotopic (exact) mass is 337 g/mol. The van der Waals surface area contributed by atoms with Crippen molar-refractivity contribution in [3.05, 3.63) is 65.9 Å². The van der Waals surface area contributed by atoms with E-state index in [0.717, 1.165) is 11.8 Å². The topological polar surface area (TPSA) is 68.5 Å². The third-order valence-corrected chi connectivity index (χ3v) is 3.91. The Labute approximate surface area is 145 Å². The highest BCUT2D eigenvalue weighted by atomic mass is 16.6. The predicted octanol–water partition coefficient (Wildman–Crippen LogP) is 4.18. The zero-order valence-corrected chi connectivity index (χ0v) is 14.1. The number of hydrogen-bond donors (Lipinski definition) is 1. The summed E-state index contributed by atoms with van der Waals surface area (Å²) in [6.45, 7) is 3.59. The molecule has 3 aromatic rings. The zero-order valence-electron chi connectivity index (χ0n) is 14.1. The maximum Gasteiger partial charge on any atom is 0.375 e. The van der Waals surface area contributed by atoms with E-state index < -0.39 is 18.0 Å². The van der Waals surface area contributed by atoms with Gasteiger partial charge in [0.15, 0.2) is 6.10 Å². The number of ether oxygens (including phenoxy) is 1. The highest BCUT2D eigenvalue weighted by Gasteiger charge is 2.21. The lowest BCUT2D eigenvalue weighted by atomic mass is 10.1. The van der Waals surface area contributed by atoms with Crippen LogP contribution in [0, 0.1) is 0 Å². The van der Waals surface area contributed by atoms with Crippen LogP contribution in [-0.2, 0) is 16.0 Å². The molecule has 0 radical (unpaired) electrons. The van der Waals surface area contributed by atoms with E-state index in [1.54, 1.807) is 12.1 Å². The normalized spacial score (nSPS) is 11.9. The molecule has 0 fully saturated rings. The van der Waals surface area contributed by atoms with E-state index in [1.165, 1.54) is 12.5 Å². The van der Waals surface area contributed by atoms with Gasteiger partial charge in [0.25, 0.3) is 5.91 Å². The van der Waals surface area contributed by atoms with Crippen molar-refractivity contribution in [3.63, 3.8) is 0 Å². The Hall–Kier alpha value is -3.08. The van der Waals surface area contributed by atoms with Crippen molar-refractivity contribution in [3.8, 4) is 0 Å². The van der Waals surface area contributed by atoms with E-state index >= 15 is 0 Å². The Bertz CT molecular complexity index is 862. The van der Waals surface area contributed by atoms with E-state index in [4.69, 9.17) is 9.15 Å². The number of carbonyl (C=O) groups is 2. The van der Waals surface area contributed by atoms with E-state index in [0.29, 0.717) is 11.3 Å². The summed E-state index contributed by atoms with van der Waals surface area (Å²) < 4.78 is 10.6. The summed E-state index contributed by atoms with van der Waals surface area (Å²) in [5.74, 6) is -0.984. The van der Waals surface area contributed by atoms with Gasteiger partial charge in [-0.25, -0.2) is 4.79 Å². The van der Waals surface area contributed by atoms with Gasteiger partial charge >= 0.3 is 5.97 Å². The fourth-order valence-corrected chi connectivity index (χ4v) is 2.42. The lowest BCUT2D eigenvalue weighted by Gasteiger charge is -2.13. The lowest BCUT2D eigenvalue weighted by Crippen LogP contribution is -2.29. The van der Waals surface area contributed by atoms with Gasteiger partial charge in [0.05, 0.1) is 0 Å². The first-order chi connectivity index (χ1) is 12.1. The Morgan fingerprint density at radius 1 is 1.12 bits per heavy atom. The molecule has 1 atom stereocenters. The number of para-hydroxylation sites is 1. The number of hydrogen-bond acceptors (Lipinski definition) is 4. The molecule has 0 aliphatic heterocycles. The molecule has 1 N–H and O–H groups in total. The van der Waals surface area contributed by atoms with Crippen LogP contribution in [0.4, 0.5) is 5.69 Å². The molecule has 1 aromatic heterocycles. The van der Waals surface area contributed by atoms with E-state index in [2.05, 4.69) is 12.2 Å². The molecule has 2 aromatic carbocycles. The Balaban J connectivity index is 1.62. The summed E-state index contributed by atoms with van der Waals surface area (Å²) in [6, 6.07) is 16.4. The summed E-state index contributed by atoms with van der Waals surface area (Å²) >= 11 is 0. The quantitative estimate of drug-likeness (QED) is 0.709. The molecule has 1 heterocycles. The number of aryl methyl sites for hydroxylation is 1. The Morgan fingerprint density at radius 2 is 1.84 bits per heavy atom. The molecular formula is C20H19NO4. The molecule has 1 amide bonds. The van der Waals surface area contributed by atoms with Crippen LogP contribution in [0.2, 0.25) is 0 Å². The average molecular weight is 337 g/mol. The minimum absolute atomic E-state index is 0.0770. The van der Waals surface area contributed by atoms with Gasteiger partial charge in [-0.2, -0.15) is 0 Å². The smallest absolute Gasteiger partial charge is 0.375 e. The van der Waals surface area contributed by atoms with Crippen LogP contribution in [0.5, 0.6) is 0 Å². The summed E-state index contributed by atoms with van der Waals surface area (Å²) in [5.41, 5.74) is 2.44. The lowest BCUT2D eigenvalue weighted by molar-refractivity contribution is -0.123. The van der Waals surface area contributed by atoms with Crippen LogP contribution in [0.3, 0.4) is 0 Å². The van der Waals surface area contributed by atoms with Crippen molar-refractivity contribution in [1.29, 1.82) is 0 Å². The predicted molar refractivity (Wildman–Crippen MR) is 95.5 cm³/mol. The molecule has 0 spiro atoms. The minimum atomic E-state index is -0.938. The van der Waals surface area contributed by atoms with Crippen molar-refractivity contribution in [1.82, 2.24) is 0 Å². The van der Waals surface area contributed by atoms with Crippen LogP contribution in [0.25, 0.3) is 11.0 Å². The van der Waals surface area contributed by atoms with Crippen LogP contribution in [-0.4, -0.2) is 18.0 Å². The largest absolute Gasteiger partial charge is 0.449 e. The van der Waals surface area contributed by atoms with Crippen molar-refractivity contribution >= 4 is 28.5 Å². The van der Waals surface area contributed by atoms with E-state index in [9.17, 15) is 9.59 Å². The maximum atomic E-state index is 12.2. The summed E-state index contributed by atoms with van der Waals surface area (Å²) in [6.07, 6.45) is -0.00807. The van der Waals surface area contributed by atoms with Crippen LogP contribution in [0.1, 0.15) is 30.0 Å². The first-order valence-electron chi connectivity index (χ1n) is 8.16. The van der Waals surface area contributed by atoms with Gasteiger partial charge in [-0.15, -0.1) is 0 Å². The SMILES string of the molecule is CCc1ccc(NC(=O)[C@@H](C)OC(=O)c2cc3ccccc3o2)cc1. The average Bonchev–Trinajstić information content (AvgIpc) is 3.06. The second-order valence-electron chi connectivity index (χ2n) is 5.74. The molecular weight excluding hydrogens is 318 g/mol. The Morgan fingerprint density at radius 3 is 2.52 bits per heavy atom. The molecule has 0 aliphatic rings. The van der Waals surface area contributed by atoms with Gasteiger partial charge in [0, 0.05) is 11.1 Å². The fourth-order valence-electron chi connectivity index (χ4n) is 2.42. The van der Waals surface area contributed by atoms with Gasteiger partial charge in [0.1, 0.15) is 5.58 Å². The van der Waals surface area contributed by atoms with E-state index in [-0.39, 0.29) is 5.76 Å². The number of benzene rings is 2. The van der Waals surface area contributed by atoms with Gasteiger partial charge in [-0.3, -0.25) is 4.79 Å². The Kier molecular flexibility index (Phi) is 4.84.